The van der Waals surface area contributed by atoms with Crippen molar-refractivity contribution in [3.8, 4) is 0 Å². The van der Waals surface area contributed by atoms with Gasteiger partial charge in [0.25, 0.3) is 10.0 Å². The summed E-state index contributed by atoms with van der Waals surface area (Å²) < 4.78 is 25.4. The Morgan fingerprint density at radius 2 is 2.12 bits per heavy atom. The van der Waals surface area contributed by atoms with Crippen molar-refractivity contribution in [1.82, 2.24) is 9.29 Å². The van der Waals surface area contributed by atoms with Crippen LogP contribution in [0.15, 0.2) is 10.4 Å². The molecule has 0 bridgehead atoms. The van der Waals surface area contributed by atoms with Crippen molar-refractivity contribution < 1.29 is 13.5 Å². The Bertz CT molecular complexity index is 459. The Morgan fingerprint density at radius 3 is 2.50 bits per heavy atom. The van der Waals surface area contributed by atoms with Crippen molar-refractivity contribution in [2.24, 2.45) is 0 Å². The maximum atomic E-state index is 12.0. The summed E-state index contributed by atoms with van der Waals surface area (Å²) in [5, 5.41) is 10.3. The molecule has 0 spiro atoms. The van der Waals surface area contributed by atoms with Gasteiger partial charge < -0.3 is 5.11 Å². The highest BCUT2D eigenvalue weighted by molar-refractivity contribution is 7.91. The van der Waals surface area contributed by atoms with Gasteiger partial charge in [-0.3, -0.25) is 0 Å². The number of aryl methyl sites for hydroxylation is 1. The lowest BCUT2D eigenvalue weighted by molar-refractivity contribution is 0.0640. The summed E-state index contributed by atoms with van der Waals surface area (Å²) in [4.78, 5) is 3.91. The molecule has 0 aliphatic rings. The first-order valence-electron chi connectivity index (χ1n) is 4.74. The van der Waals surface area contributed by atoms with Gasteiger partial charge in [0.2, 0.25) is 0 Å². The maximum absolute atomic E-state index is 12.0. The Balaban J connectivity index is 2.95. The summed E-state index contributed by atoms with van der Waals surface area (Å²) in [6.45, 7) is 4.93. The van der Waals surface area contributed by atoms with Gasteiger partial charge in [-0.05, 0) is 20.8 Å². The largest absolute Gasteiger partial charge is 0.389 e. The van der Waals surface area contributed by atoms with Gasteiger partial charge in [-0.15, -0.1) is 11.3 Å². The molecule has 16 heavy (non-hydrogen) atoms. The Kier molecular flexibility index (Phi) is 3.73. The van der Waals surface area contributed by atoms with Gasteiger partial charge in [0.05, 0.1) is 16.8 Å². The zero-order valence-electron chi connectivity index (χ0n) is 9.76. The smallest absolute Gasteiger partial charge is 0.254 e. The molecule has 1 N–H and O–H groups in total. The number of hydrogen-bond acceptors (Lipinski definition) is 5. The Hall–Kier alpha value is -0.500. The maximum Gasteiger partial charge on any atom is 0.254 e. The second-order valence-corrected chi connectivity index (χ2v) is 7.78. The first kappa shape index (κ1) is 13.6. The third-order valence-corrected chi connectivity index (χ3v) is 5.03. The van der Waals surface area contributed by atoms with Gasteiger partial charge >= 0.3 is 0 Å². The van der Waals surface area contributed by atoms with Crippen LogP contribution >= 0.6 is 11.3 Å². The van der Waals surface area contributed by atoms with Crippen LogP contribution in [0.25, 0.3) is 0 Å². The number of aromatic nitrogens is 1. The number of nitrogens with zero attached hydrogens (tertiary/aromatic N) is 2. The van der Waals surface area contributed by atoms with Crippen LogP contribution in [0.2, 0.25) is 0 Å². The SMILES string of the molecule is Cc1ncc(S(=O)(=O)N(C)CC(C)(C)O)s1. The molecule has 7 heteroatoms. The molecule has 0 aliphatic heterocycles. The van der Waals surface area contributed by atoms with Crippen molar-refractivity contribution >= 4 is 21.4 Å². The van der Waals surface area contributed by atoms with Gasteiger partial charge in [-0.25, -0.2) is 13.4 Å². The van der Waals surface area contributed by atoms with Crippen LogP contribution in [0.5, 0.6) is 0 Å². The summed E-state index contributed by atoms with van der Waals surface area (Å²) in [6.07, 6.45) is 1.34. The van der Waals surface area contributed by atoms with Crippen molar-refractivity contribution in [2.45, 2.75) is 30.6 Å². The van der Waals surface area contributed by atoms with E-state index in [4.69, 9.17) is 0 Å². The molecule has 5 nitrogen and oxygen atoms in total. The Labute approximate surface area is 99.8 Å². The van der Waals surface area contributed by atoms with Gasteiger partial charge in [0.15, 0.2) is 4.21 Å². The molecule has 0 saturated heterocycles. The summed E-state index contributed by atoms with van der Waals surface area (Å²) in [5.41, 5.74) is -1.05. The molecule has 0 saturated carbocycles. The molecule has 0 aliphatic carbocycles. The zero-order valence-corrected chi connectivity index (χ0v) is 11.4. The lowest BCUT2D eigenvalue weighted by Gasteiger charge is -2.24. The fourth-order valence-corrected chi connectivity index (χ4v) is 3.89. The predicted molar refractivity (Wildman–Crippen MR) is 63.0 cm³/mol. The van der Waals surface area contributed by atoms with Crippen LogP contribution in [0.3, 0.4) is 0 Å². The molecular formula is C9H16N2O3S2. The molecule has 1 aromatic heterocycles. The molecule has 1 rings (SSSR count). The zero-order chi connectivity index (χ0) is 12.6. The van der Waals surface area contributed by atoms with Crippen molar-refractivity contribution in [2.75, 3.05) is 13.6 Å². The quantitative estimate of drug-likeness (QED) is 0.875. The molecule has 0 amide bonds. The van der Waals surface area contributed by atoms with E-state index < -0.39 is 15.6 Å². The third-order valence-electron chi connectivity index (χ3n) is 1.87. The van der Waals surface area contributed by atoms with Crippen molar-refractivity contribution in [3.05, 3.63) is 11.2 Å². The van der Waals surface area contributed by atoms with Crippen LogP contribution in [0.4, 0.5) is 0 Å². The van der Waals surface area contributed by atoms with Gasteiger partial charge in [-0.2, -0.15) is 4.31 Å². The minimum absolute atomic E-state index is 0.0479. The number of aliphatic hydroxyl groups is 1. The normalized spacial score (nSPS) is 13.4. The molecule has 92 valence electrons. The Morgan fingerprint density at radius 1 is 1.56 bits per heavy atom. The summed E-state index contributed by atoms with van der Waals surface area (Å²) in [5.74, 6) is 0. The number of likely N-dealkylation sites (N-methyl/N-ethyl adjacent to an activating group) is 1. The minimum atomic E-state index is -3.52. The molecule has 0 unspecified atom stereocenters. The number of thiazole rings is 1. The summed E-state index contributed by atoms with van der Waals surface area (Å²) in [6, 6.07) is 0. The topological polar surface area (TPSA) is 70.5 Å². The highest BCUT2D eigenvalue weighted by Crippen LogP contribution is 2.22. The van der Waals surface area contributed by atoms with Crippen LogP contribution in [0, 0.1) is 6.92 Å². The van der Waals surface area contributed by atoms with Gasteiger partial charge in [0.1, 0.15) is 0 Å². The van der Waals surface area contributed by atoms with Crippen molar-refractivity contribution in [3.63, 3.8) is 0 Å². The first-order chi connectivity index (χ1) is 7.13. The molecular weight excluding hydrogens is 248 g/mol. The van der Waals surface area contributed by atoms with E-state index in [1.165, 1.54) is 13.2 Å². The lowest BCUT2D eigenvalue weighted by Crippen LogP contribution is -2.39. The average Bonchev–Trinajstić information content (AvgIpc) is 2.48. The van der Waals surface area contributed by atoms with E-state index in [9.17, 15) is 13.5 Å². The first-order valence-corrected chi connectivity index (χ1v) is 7.00. The van der Waals surface area contributed by atoms with E-state index >= 15 is 0 Å². The van der Waals surface area contributed by atoms with E-state index in [0.717, 1.165) is 15.6 Å². The van der Waals surface area contributed by atoms with Crippen LogP contribution in [0.1, 0.15) is 18.9 Å². The third kappa shape index (κ3) is 3.24. The minimum Gasteiger partial charge on any atom is -0.389 e. The average molecular weight is 264 g/mol. The van der Waals surface area contributed by atoms with E-state index in [-0.39, 0.29) is 10.8 Å². The van der Waals surface area contributed by atoms with Crippen molar-refractivity contribution in [1.29, 1.82) is 0 Å². The fraction of sp³-hybridized carbons (Fsp3) is 0.667. The van der Waals surface area contributed by atoms with E-state index in [2.05, 4.69) is 4.98 Å². The van der Waals surface area contributed by atoms with Gasteiger partial charge in [0, 0.05) is 13.6 Å². The molecule has 0 fully saturated rings. The van der Waals surface area contributed by atoms with E-state index in [1.54, 1.807) is 20.8 Å². The number of rotatable bonds is 4. The number of hydrogen-bond donors (Lipinski definition) is 1. The highest BCUT2D eigenvalue weighted by Gasteiger charge is 2.27. The molecule has 0 radical (unpaired) electrons. The van der Waals surface area contributed by atoms with E-state index in [1.807, 2.05) is 0 Å². The monoisotopic (exact) mass is 264 g/mol. The summed E-state index contributed by atoms with van der Waals surface area (Å²) in [7, 11) is -2.08. The highest BCUT2D eigenvalue weighted by atomic mass is 32.2. The van der Waals surface area contributed by atoms with Crippen LogP contribution in [-0.2, 0) is 10.0 Å². The fourth-order valence-electron chi connectivity index (χ4n) is 1.24. The second kappa shape index (κ2) is 4.40. The predicted octanol–water partition coefficient (Wildman–Crippen LogP) is 0.843. The molecule has 0 aromatic carbocycles. The summed E-state index contributed by atoms with van der Waals surface area (Å²) >= 11 is 1.13. The molecule has 0 atom stereocenters. The second-order valence-electron chi connectivity index (χ2n) is 4.27. The number of sulfonamides is 1. The molecule has 1 heterocycles. The van der Waals surface area contributed by atoms with E-state index in [0.29, 0.717) is 5.01 Å². The van der Waals surface area contributed by atoms with Crippen LogP contribution < -0.4 is 0 Å². The van der Waals surface area contributed by atoms with Gasteiger partial charge in [-0.1, -0.05) is 0 Å². The standard InChI is InChI=1S/C9H16N2O3S2/c1-7-10-5-8(15-7)16(13,14)11(4)6-9(2,3)12/h5,12H,6H2,1-4H3. The lowest BCUT2D eigenvalue weighted by atomic mass is 10.1. The van der Waals surface area contributed by atoms with Crippen LogP contribution in [-0.4, -0.2) is 42.0 Å². The molecule has 1 aromatic rings.